The van der Waals surface area contributed by atoms with Crippen molar-refractivity contribution in [3.63, 3.8) is 0 Å². The van der Waals surface area contributed by atoms with Crippen LogP contribution in [0.2, 0.25) is 0 Å². The molecule has 1 atom stereocenters. The molecule has 0 saturated carbocycles. The Morgan fingerprint density at radius 3 is 2.47 bits per heavy atom. The third-order valence-corrected chi connectivity index (χ3v) is 6.06. The first-order chi connectivity index (χ1) is 14.5. The van der Waals surface area contributed by atoms with Crippen LogP contribution in [0.25, 0.3) is 0 Å². The highest BCUT2D eigenvalue weighted by Crippen LogP contribution is 2.32. The predicted molar refractivity (Wildman–Crippen MR) is 115 cm³/mol. The Morgan fingerprint density at radius 2 is 1.73 bits per heavy atom. The molecular weight excluding hydrogens is 380 g/mol. The number of fused-ring (bicyclic) bond motifs is 1. The van der Waals surface area contributed by atoms with Crippen LogP contribution in [0.5, 0.6) is 11.5 Å². The third-order valence-electron chi connectivity index (χ3n) is 6.06. The number of ketones is 1. The number of hydrogen-bond donors (Lipinski definition) is 1. The minimum atomic E-state index is -0.241. The van der Waals surface area contributed by atoms with Gasteiger partial charge in [-0.3, -0.25) is 14.5 Å². The molecule has 2 aromatic rings. The number of hydrogen-bond acceptors (Lipinski definition) is 5. The van der Waals surface area contributed by atoms with Crippen LogP contribution in [0.15, 0.2) is 42.5 Å². The Bertz CT molecular complexity index is 935. The van der Waals surface area contributed by atoms with Crippen molar-refractivity contribution in [3.05, 3.63) is 53.6 Å². The van der Waals surface area contributed by atoms with E-state index in [4.69, 9.17) is 9.47 Å². The van der Waals surface area contributed by atoms with Crippen LogP contribution in [0.4, 0.5) is 5.69 Å². The summed E-state index contributed by atoms with van der Waals surface area (Å²) in [5, 5.41) is 3.02. The zero-order valence-electron chi connectivity index (χ0n) is 17.5. The van der Waals surface area contributed by atoms with Gasteiger partial charge in [0.2, 0.25) is 5.91 Å². The van der Waals surface area contributed by atoms with Crippen molar-refractivity contribution in [1.29, 1.82) is 0 Å². The second-order valence-electron chi connectivity index (χ2n) is 8.01. The minimum Gasteiger partial charge on any atom is -0.486 e. The van der Waals surface area contributed by atoms with Crippen LogP contribution in [-0.2, 0) is 4.79 Å². The molecule has 4 rings (SSSR count). The number of piperidine rings is 1. The van der Waals surface area contributed by atoms with E-state index in [9.17, 15) is 9.59 Å². The highest BCUT2D eigenvalue weighted by Gasteiger charge is 2.30. The summed E-state index contributed by atoms with van der Waals surface area (Å²) in [4.78, 5) is 27.8. The molecule has 2 aromatic carbocycles. The SMILES string of the molecule is Cc1ccccc1NC(=O)C(C)N1CCC(C(=O)c2ccc3c(c2)OCCO3)CC1. The van der Waals surface area contributed by atoms with Crippen LogP contribution < -0.4 is 14.8 Å². The van der Waals surface area contributed by atoms with Gasteiger partial charge >= 0.3 is 0 Å². The van der Waals surface area contributed by atoms with Crippen LogP contribution in [0.1, 0.15) is 35.7 Å². The van der Waals surface area contributed by atoms with E-state index in [0.717, 1.165) is 37.2 Å². The van der Waals surface area contributed by atoms with Crippen molar-refractivity contribution >= 4 is 17.4 Å². The molecule has 0 radical (unpaired) electrons. The average molecular weight is 408 g/mol. The maximum absolute atomic E-state index is 13.0. The number of amides is 1. The summed E-state index contributed by atoms with van der Waals surface area (Å²) in [6.07, 6.45) is 1.49. The summed E-state index contributed by atoms with van der Waals surface area (Å²) in [5.74, 6) is 1.44. The highest BCUT2D eigenvalue weighted by atomic mass is 16.6. The largest absolute Gasteiger partial charge is 0.486 e. The summed E-state index contributed by atoms with van der Waals surface area (Å²) in [5.41, 5.74) is 2.56. The van der Waals surface area contributed by atoms with E-state index in [1.54, 1.807) is 6.07 Å². The monoisotopic (exact) mass is 408 g/mol. The Labute approximate surface area is 177 Å². The maximum atomic E-state index is 13.0. The van der Waals surface area contributed by atoms with Gasteiger partial charge in [0.25, 0.3) is 0 Å². The second kappa shape index (κ2) is 8.88. The molecule has 158 valence electrons. The average Bonchev–Trinajstić information content (AvgIpc) is 2.79. The minimum absolute atomic E-state index is 0.0130. The van der Waals surface area contributed by atoms with E-state index in [1.807, 2.05) is 50.2 Å². The molecule has 2 aliphatic heterocycles. The Balaban J connectivity index is 1.33. The highest BCUT2D eigenvalue weighted by molar-refractivity contribution is 5.98. The molecule has 0 aliphatic carbocycles. The number of carbonyl (C=O) groups is 2. The molecule has 1 N–H and O–H groups in total. The van der Waals surface area contributed by atoms with Crippen LogP contribution in [0.3, 0.4) is 0 Å². The van der Waals surface area contributed by atoms with Crippen molar-refractivity contribution in [1.82, 2.24) is 4.90 Å². The van der Waals surface area contributed by atoms with E-state index >= 15 is 0 Å². The number of likely N-dealkylation sites (tertiary alicyclic amines) is 1. The topological polar surface area (TPSA) is 67.9 Å². The number of carbonyl (C=O) groups excluding carboxylic acids is 2. The lowest BCUT2D eigenvalue weighted by molar-refractivity contribution is -0.121. The molecule has 1 fully saturated rings. The first-order valence-corrected chi connectivity index (χ1v) is 10.6. The lowest BCUT2D eigenvalue weighted by Crippen LogP contribution is -2.47. The summed E-state index contributed by atoms with van der Waals surface area (Å²) in [7, 11) is 0. The number of para-hydroxylation sites is 1. The molecule has 6 nitrogen and oxygen atoms in total. The van der Waals surface area contributed by atoms with Crippen LogP contribution in [-0.4, -0.2) is 48.9 Å². The smallest absolute Gasteiger partial charge is 0.241 e. The fourth-order valence-corrected chi connectivity index (χ4v) is 4.10. The first kappa shape index (κ1) is 20.4. The molecule has 1 amide bonds. The van der Waals surface area contributed by atoms with Gasteiger partial charge in [-0.05, 0) is 69.6 Å². The van der Waals surface area contributed by atoms with Crippen molar-refractivity contribution in [3.8, 4) is 11.5 Å². The molecule has 1 unspecified atom stereocenters. The number of Topliss-reactive ketones (excluding diaryl/α,β-unsaturated/α-hetero) is 1. The Kier molecular flexibility index (Phi) is 6.04. The second-order valence-corrected chi connectivity index (χ2v) is 8.01. The van der Waals surface area contributed by atoms with Gasteiger partial charge in [-0.25, -0.2) is 0 Å². The number of anilines is 1. The zero-order chi connectivity index (χ0) is 21.1. The number of ether oxygens (including phenoxy) is 2. The van der Waals surface area contributed by atoms with Gasteiger partial charge in [0.1, 0.15) is 13.2 Å². The van der Waals surface area contributed by atoms with Gasteiger partial charge in [0, 0.05) is 17.2 Å². The van der Waals surface area contributed by atoms with Crippen molar-refractivity contribution in [2.45, 2.75) is 32.7 Å². The van der Waals surface area contributed by atoms with Crippen LogP contribution in [0, 0.1) is 12.8 Å². The molecule has 0 spiro atoms. The Morgan fingerprint density at radius 1 is 1.03 bits per heavy atom. The molecule has 6 heteroatoms. The number of aryl methyl sites for hydroxylation is 1. The zero-order valence-corrected chi connectivity index (χ0v) is 17.5. The predicted octanol–water partition coefficient (Wildman–Crippen LogP) is 3.69. The molecule has 0 aromatic heterocycles. The molecule has 1 saturated heterocycles. The number of nitrogens with zero attached hydrogens (tertiary/aromatic N) is 1. The molecular formula is C24H28N2O4. The first-order valence-electron chi connectivity index (χ1n) is 10.6. The number of rotatable bonds is 5. The summed E-state index contributed by atoms with van der Waals surface area (Å²) >= 11 is 0. The van der Waals surface area contributed by atoms with Crippen molar-refractivity contribution < 1.29 is 19.1 Å². The van der Waals surface area contributed by atoms with E-state index in [1.165, 1.54) is 0 Å². The fraction of sp³-hybridized carbons (Fsp3) is 0.417. The fourth-order valence-electron chi connectivity index (χ4n) is 4.10. The molecule has 2 aliphatic rings. The summed E-state index contributed by atoms with van der Waals surface area (Å²) < 4.78 is 11.1. The lowest BCUT2D eigenvalue weighted by atomic mass is 9.88. The third kappa shape index (κ3) is 4.33. The van der Waals surface area contributed by atoms with Gasteiger partial charge < -0.3 is 14.8 Å². The van der Waals surface area contributed by atoms with E-state index < -0.39 is 0 Å². The quantitative estimate of drug-likeness (QED) is 0.765. The normalized spacial score (nSPS) is 17.9. The van der Waals surface area contributed by atoms with E-state index in [-0.39, 0.29) is 23.7 Å². The van der Waals surface area contributed by atoms with Gasteiger partial charge in [0.05, 0.1) is 6.04 Å². The van der Waals surface area contributed by atoms with Crippen LogP contribution >= 0.6 is 0 Å². The Hall–Kier alpha value is -2.86. The molecule has 2 heterocycles. The number of benzene rings is 2. The van der Waals surface area contributed by atoms with E-state index in [0.29, 0.717) is 30.3 Å². The molecule has 30 heavy (non-hydrogen) atoms. The molecule has 0 bridgehead atoms. The lowest BCUT2D eigenvalue weighted by Gasteiger charge is -2.35. The van der Waals surface area contributed by atoms with Crippen molar-refractivity contribution in [2.75, 3.05) is 31.6 Å². The van der Waals surface area contributed by atoms with Gasteiger partial charge in [-0.1, -0.05) is 18.2 Å². The van der Waals surface area contributed by atoms with Crippen molar-refractivity contribution in [2.24, 2.45) is 5.92 Å². The number of nitrogens with one attached hydrogen (secondary N) is 1. The van der Waals surface area contributed by atoms with E-state index in [2.05, 4.69) is 10.2 Å². The summed E-state index contributed by atoms with van der Waals surface area (Å²) in [6.45, 7) is 6.40. The maximum Gasteiger partial charge on any atom is 0.241 e. The van der Waals surface area contributed by atoms with Gasteiger partial charge in [-0.2, -0.15) is 0 Å². The van der Waals surface area contributed by atoms with Gasteiger partial charge in [-0.15, -0.1) is 0 Å². The standard InChI is InChI=1S/C24H28N2O4/c1-16-5-3-4-6-20(16)25-24(28)17(2)26-11-9-18(10-12-26)23(27)19-7-8-21-22(15-19)30-14-13-29-21/h3-8,15,17-18H,9-14H2,1-2H3,(H,25,28). The summed E-state index contributed by atoms with van der Waals surface area (Å²) in [6, 6.07) is 13.0. The van der Waals surface area contributed by atoms with Gasteiger partial charge in [0.15, 0.2) is 17.3 Å².